The van der Waals surface area contributed by atoms with Gasteiger partial charge in [-0.25, -0.2) is 4.57 Å². The molecule has 0 aliphatic carbocycles. The first-order valence-electron chi connectivity index (χ1n) is 21.6. The SMILES string of the molecule is CCCCCCCC/C=C\C/C=C\C/C=C\CCCC(=O)O[C@H](COC(=O)CCC/C=C\C/C=C\C/C=C\C=C\C(=O)CCCCC)COP(=O)(O)OC[C@H](N)C(=O)O. The van der Waals surface area contributed by atoms with Crippen LogP contribution in [0.15, 0.2) is 85.1 Å². The van der Waals surface area contributed by atoms with E-state index in [0.29, 0.717) is 32.1 Å². The van der Waals surface area contributed by atoms with E-state index in [2.05, 4.69) is 42.7 Å². The normalized spacial score (nSPS) is 14.4. The number of rotatable bonds is 39. The van der Waals surface area contributed by atoms with E-state index in [4.69, 9.17) is 24.8 Å². The standard InChI is InChI=1S/C46H74NO11P/c1-3-5-7-8-9-10-11-12-13-14-15-16-19-23-26-29-33-37-45(50)58-42(39-56-59(53,54)57-40-43(47)46(51)52)38-55-44(49)36-32-28-25-22-20-17-18-21-24-27-31-35-41(48)34-30-6-4-2/h12-13,15-18,22-27,31,35,42-43H,3-11,14,19-21,28-30,32-34,36-40,47H2,1-2H3,(H,51,52)(H,53,54)/b13-12-,16-15-,18-17-,25-22-,26-23-,27-24-,35-31+/t42-,43+/m1/s1. The lowest BCUT2D eigenvalue weighted by atomic mass is 10.1. The summed E-state index contributed by atoms with van der Waals surface area (Å²) in [6.07, 6.45) is 45.1. The minimum atomic E-state index is -4.76. The molecule has 0 radical (unpaired) electrons. The fourth-order valence-corrected chi connectivity index (χ4v) is 5.92. The van der Waals surface area contributed by atoms with Crippen LogP contribution in [0.5, 0.6) is 0 Å². The molecule has 0 aliphatic rings. The highest BCUT2D eigenvalue weighted by Gasteiger charge is 2.28. The van der Waals surface area contributed by atoms with Crippen LogP contribution in [0, 0.1) is 0 Å². The van der Waals surface area contributed by atoms with Crippen molar-refractivity contribution in [3.05, 3.63) is 85.1 Å². The topological polar surface area (TPSA) is 189 Å². The van der Waals surface area contributed by atoms with Gasteiger partial charge in [-0.05, 0) is 76.7 Å². The van der Waals surface area contributed by atoms with Gasteiger partial charge in [0.25, 0.3) is 0 Å². The van der Waals surface area contributed by atoms with E-state index in [0.717, 1.165) is 51.4 Å². The molecule has 0 saturated heterocycles. The number of carboxylic acid groups (broad SMARTS) is 1. The molecule has 0 aromatic rings. The number of carbonyl (C=O) groups is 4. The third-order valence-corrected chi connectivity index (χ3v) is 9.54. The van der Waals surface area contributed by atoms with Gasteiger partial charge in [-0.3, -0.25) is 28.2 Å². The van der Waals surface area contributed by atoms with Crippen LogP contribution in [0.25, 0.3) is 0 Å². The quantitative estimate of drug-likeness (QED) is 0.0133. The molecule has 0 fully saturated rings. The van der Waals surface area contributed by atoms with Gasteiger partial charge in [0.15, 0.2) is 11.9 Å². The lowest BCUT2D eigenvalue weighted by Crippen LogP contribution is -2.34. The maximum absolute atomic E-state index is 12.6. The Bertz CT molecular complexity index is 1380. The van der Waals surface area contributed by atoms with Crippen molar-refractivity contribution in [3.8, 4) is 0 Å². The van der Waals surface area contributed by atoms with Gasteiger partial charge >= 0.3 is 25.7 Å². The Kier molecular flexibility index (Phi) is 37.3. The third kappa shape index (κ3) is 39.6. The van der Waals surface area contributed by atoms with Gasteiger partial charge in [-0.1, -0.05) is 138 Å². The lowest BCUT2D eigenvalue weighted by Gasteiger charge is -2.20. The first kappa shape index (κ1) is 55.3. The van der Waals surface area contributed by atoms with Crippen LogP contribution in [-0.4, -0.2) is 65.7 Å². The maximum atomic E-state index is 12.6. The van der Waals surface area contributed by atoms with Crippen LogP contribution in [0.1, 0.15) is 149 Å². The number of carboxylic acids is 1. The summed E-state index contributed by atoms with van der Waals surface area (Å²) in [7, 11) is -4.76. The van der Waals surface area contributed by atoms with E-state index in [1.807, 2.05) is 48.6 Å². The van der Waals surface area contributed by atoms with Crippen molar-refractivity contribution in [1.82, 2.24) is 0 Å². The van der Waals surface area contributed by atoms with Crippen LogP contribution in [0.3, 0.4) is 0 Å². The third-order valence-electron chi connectivity index (χ3n) is 8.59. The van der Waals surface area contributed by atoms with E-state index in [9.17, 15) is 28.6 Å². The van der Waals surface area contributed by atoms with Gasteiger partial charge in [-0.15, -0.1) is 0 Å². The number of phosphoric acid groups is 1. The fraction of sp³-hybridized carbons (Fsp3) is 0.609. The van der Waals surface area contributed by atoms with Crippen molar-refractivity contribution in [1.29, 1.82) is 0 Å². The Morgan fingerprint density at radius 3 is 1.66 bits per heavy atom. The molecule has 0 amide bonds. The molecule has 13 heteroatoms. The summed E-state index contributed by atoms with van der Waals surface area (Å²) < 4.78 is 32.5. The lowest BCUT2D eigenvalue weighted by molar-refractivity contribution is -0.161. The molecular weight excluding hydrogens is 773 g/mol. The molecule has 334 valence electrons. The van der Waals surface area contributed by atoms with Crippen LogP contribution in [-0.2, 0) is 42.3 Å². The van der Waals surface area contributed by atoms with Crippen molar-refractivity contribution < 1.29 is 52.3 Å². The molecule has 1 unspecified atom stereocenters. The zero-order chi connectivity index (χ0) is 43.7. The Morgan fingerprint density at radius 2 is 1.07 bits per heavy atom. The van der Waals surface area contributed by atoms with Gasteiger partial charge < -0.3 is 25.2 Å². The summed E-state index contributed by atoms with van der Waals surface area (Å²) in [5.74, 6) is -2.42. The molecule has 0 bridgehead atoms. The molecule has 0 aromatic heterocycles. The van der Waals surface area contributed by atoms with Crippen molar-refractivity contribution in [2.24, 2.45) is 5.73 Å². The molecule has 3 atom stereocenters. The minimum absolute atomic E-state index is 0.0613. The number of ether oxygens (including phenoxy) is 2. The van der Waals surface area contributed by atoms with Crippen LogP contribution < -0.4 is 5.73 Å². The second kappa shape index (κ2) is 39.8. The summed E-state index contributed by atoms with van der Waals surface area (Å²) in [6.45, 7) is 2.50. The first-order chi connectivity index (χ1) is 28.5. The fourth-order valence-electron chi connectivity index (χ4n) is 5.14. The van der Waals surface area contributed by atoms with Crippen molar-refractivity contribution in [3.63, 3.8) is 0 Å². The molecule has 0 rings (SSSR count). The van der Waals surface area contributed by atoms with Crippen molar-refractivity contribution in [2.45, 2.75) is 161 Å². The smallest absolute Gasteiger partial charge is 0.472 e. The number of aliphatic carboxylic acids is 1. The highest BCUT2D eigenvalue weighted by molar-refractivity contribution is 7.47. The molecule has 59 heavy (non-hydrogen) atoms. The van der Waals surface area contributed by atoms with E-state index in [1.165, 1.54) is 38.5 Å². The Labute approximate surface area is 354 Å². The van der Waals surface area contributed by atoms with Crippen LogP contribution in [0.4, 0.5) is 0 Å². The number of hydrogen-bond acceptors (Lipinski definition) is 10. The summed E-state index contributed by atoms with van der Waals surface area (Å²) >= 11 is 0. The van der Waals surface area contributed by atoms with Gasteiger partial charge in [0, 0.05) is 19.3 Å². The van der Waals surface area contributed by atoms with Crippen LogP contribution in [0.2, 0.25) is 0 Å². The van der Waals surface area contributed by atoms with Gasteiger partial charge in [-0.2, -0.15) is 0 Å². The Balaban J connectivity index is 4.61. The van der Waals surface area contributed by atoms with E-state index >= 15 is 0 Å². The number of nitrogens with two attached hydrogens (primary N) is 1. The molecule has 0 spiro atoms. The zero-order valence-electron chi connectivity index (χ0n) is 35.8. The average molecular weight is 848 g/mol. The molecule has 0 aromatic carbocycles. The number of esters is 2. The van der Waals surface area contributed by atoms with Gasteiger partial charge in [0.2, 0.25) is 0 Å². The zero-order valence-corrected chi connectivity index (χ0v) is 36.7. The summed E-state index contributed by atoms with van der Waals surface area (Å²) in [4.78, 5) is 57.6. The summed E-state index contributed by atoms with van der Waals surface area (Å²) in [5.41, 5.74) is 5.32. The number of ketones is 1. The largest absolute Gasteiger partial charge is 0.480 e. The predicted molar refractivity (Wildman–Crippen MR) is 235 cm³/mol. The summed E-state index contributed by atoms with van der Waals surface area (Å²) in [5, 5.41) is 8.88. The monoisotopic (exact) mass is 847 g/mol. The molecule has 0 heterocycles. The number of allylic oxidation sites excluding steroid dienone is 14. The van der Waals surface area contributed by atoms with Crippen molar-refractivity contribution >= 4 is 31.5 Å². The second-order valence-electron chi connectivity index (χ2n) is 14.2. The molecular formula is C46H74NO11P. The molecule has 4 N–H and O–H groups in total. The average Bonchev–Trinajstić information content (AvgIpc) is 3.20. The molecule has 12 nitrogen and oxygen atoms in total. The van der Waals surface area contributed by atoms with E-state index in [-0.39, 0.29) is 18.6 Å². The highest BCUT2D eigenvalue weighted by Crippen LogP contribution is 2.43. The molecule has 0 saturated carbocycles. The van der Waals surface area contributed by atoms with E-state index in [1.54, 1.807) is 12.2 Å². The predicted octanol–water partition coefficient (Wildman–Crippen LogP) is 10.7. The van der Waals surface area contributed by atoms with Gasteiger partial charge in [0.05, 0.1) is 13.2 Å². The highest BCUT2D eigenvalue weighted by atomic mass is 31.2. The second-order valence-corrected chi connectivity index (χ2v) is 15.6. The minimum Gasteiger partial charge on any atom is -0.480 e. The van der Waals surface area contributed by atoms with Crippen LogP contribution >= 0.6 is 7.82 Å². The van der Waals surface area contributed by atoms with Gasteiger partial charge in [0.1, 0.15) is 12.6 Å². The van der Waals surface area contributed by atoms with Crippen molar-refractivity contribution in [2.75, 3.05) is 19.8 Å². The summed E-state index contributed by atoms with van der Waals surface area (Å²) in [6, 6.07) is -1.55. The molecule has 0 aliphatic heterocycles. The Hall–Kier alpha value is -3.67. The van der Waals surface area contributed by atoms with E-state index < -0.39 is 57.7 Å². The maximum Gasteiger partial charge on any atom is 0.472 e. The number of unbranched alkanes of at least 4 members (excludes halogenated alkanes) is 10. The first-order valence-corrected chi connectivity index (χ1v) is 23.1. The number of phosphoric ester groups is 1. The number of hydrogen-bond donors (Lipinski definition) is 3. The number of carbonyl (C=O) groups excluding carboxylic acids is 3. The Morgan fingerprint density at radius 1 is 0.576 bits per heavy atom.